The average Bonchev–Trinajstić information content (AvgIpc) is 2.89. The predicted molar refractivity (Wildman–Crippen MR) is 67.0 cm³/mol. The summed E-state index contributed by atoms with van der Waals surface area (Å²) in [5.74, 6) is -1.05. The molecule has 3 N–H and O–H groups in total. The molecule has 19 heavy (non-hydrogen) atoms. The van der Waals surface area contributed by atoms with E-state index in [4.69, 9.17) is 5.11 Å². The van der Waals surface area contributed by atoms with Crippen molar-refractivity contribution in [1.29, 1.82) is 0 Å². The van der Waals surface area contributed by atoms with E-state index >= 15 is 0 Å². The minimum absolute atomic E-state index is 0.00781. The Kier molecular flexibility index (Phi) is 4.35. The third-order valence-electron chi connectivity index (χ3n) is 2.90. The van der Waals surface area contributed by atoms with Gasteiger partial charge in [0.15, 0.2) is 5.69 Å². The van der Waals surface area contributed by atoms with Crippen molar-refractivity contribution >= 4 is 12.0 Å². The molecule has 1 aromatic rings. The zero-order valence-electron chi connectivity index (χ0n) is 10.5. The third-order valence-corrected chi connectivity index (χ3v) is 2.90. The lowest BCUT2D eigenvalue weighted by molar-refractivity contribution is 0.0691. The van der Waals surface area contributed by atoms with Crippen LogP contribution < -0.4 is 10.6 Å². The van der Waals surface area contributed by atoms with E-state index in [1.54, 1.807) is 9.47 Å². The van der Waals surface area contributed by atoms with Gasteiger partial charge < -0.3 is 25.2 Å². The lowest BCUT2D eigenvalue weighted by atomic mass is 10.4. The van der Waals surface area contributed by atoms with Crippen LogP contribution in [-0.2, 0) is 6.54 Å². The monoisotopic (exact) mass is 267 g/mol. The first-order valence-corrected chi connectivity index (χ1v) is 6.15. The van der Waals surface area contributed by atoms with Crippen LogP contribution in [0.4, 0.5) is 4.79 Å². The second kappa shape index (κ2) is 6.19. The molecule has 1 fully saturated rings. The number of hydrogen-bond acceptors (Lipinski definition) is 4. The van der Waals surface area contributed by atoms with E-state index in [1.165, 1.54) is 12.5 Å². The zero-order valence-corrected chi connectivity index (χ0v) is 10.5. The summed E-state index contributed by atoms with van der Waals surface area (Å²) in [6.45, 7) is 3.99. The van der Waals surface area contributed by atoms with Crippen LogP contribution in [0.1, 0.15) is 10.5 Å². The summed E-state index contributed by atoms with van der Waals surface area (Å²) >= 11 is 0. The van der Waals surface area contributed by atoms with Gasteiger partial charge in [0.1, 0.15) is 0 Å². The fraction of sp³-hybridized carbons (Fsp3) is 0.545. The number of aromatic nitrogens is 2. The summed E-state index contributed by atoms with van der Waals surface area (Å²) < 4.78 is 1.64. The van der Waals surface area contributed by atoms with Gasteiger partial charge in [-0.15, -0.1) is 0 Å². The number of carbonyl (C=O) groups is 2. The number of aromatic carboxylic acids is 1. The Morgan fingerprint density at radius 3 is 2.79 bits per heavy atom. The first-order valence-electron chi connectivity index (χ1n) is 6.15. The molecule has 2 rings (SSSR count). The van der Waals surface area contributed by atoms with E-state index < -0.39 is 5.97 Å². The Bertz CT molecular complexity index is 453. The molecule has 0 aromatic carbocycles. The normalized spacial score (nSPS) is 15.3. The van der Waals surface area contributed by atoms with Gasteiger partial charge in [0.25, 0.3) is 0 Å². The number of carboxylic acids is 1. The van der Waals surface area contributed by atoms with Crippen molar-refractivity contribution in [2.24, 2.45) is 0 Å². The van der Waals surface area contributed by atoms with Gasteiger partial charge in [-0.25, -0.2) is 14.6 Å². The Hall–Kier alpha value is -2.09. The highest BCUT2D eigenvalue weighted by molar-refractivity contribution is 5.84. The molecule has 1 saturated heterocycles. The molecule has 104 valence electrons. The van der Waals surface area contributed by atoms with Gasteiger partial charge in [-0.3, -0.25) is 0 Å². The maximum Gasteiger partial charge on any atom is 0.356 e. The number of carboxylic acid groups (broad SMARTS) is 1. The Morgan fingerprint density at radius 2 is 2.16 bits per heavy atom. The van der Waals surface area contributed by atoms with E-state index in [0.717, 1.165) is 13.1 Å². The maximum absolute atomic E-state index is 11.8. The molecule has 1 aliphatic heterocycles. The number of amides is 2. The van der Waals surface area contributed by atoms with Crippen molar-refractivity contribution in [3.05, 3.63) is 18.2 Å². The van der Waals surface area contributed by atoms with Gasteiger partial charge in [-0.1, -0.05) is 0 Å². The summed E-state index contributed by atoms with van der Waals surface area (Å²) in [4.78, 5) is 27.9. The Morgan fingerprint density at radius 1 is 1.42 bits per heavy atom. The SMILES string of the molecule is O=C(O)c1cn(CCNC(=O)N2CCNCC2)cn1. The van der Waals surface area contributed by atoms with E-state index in [1.807, 2.05) is 0 Å². The highest BCUT2D eigenvalue weighted by Crippen LogP contribution is 1.96. The van der Waals surface area contributed by atoms with Gasteiger partial charge in [0.2, 0.25) is 0 Å². The molecular weight excluding hydrogens is 250 g/mol. The minimum atomic E-state index is -1.05. The van der Waals surface area contributed by atoms with Gasteiger partial charge in [0, 0.05) is 45.5 Å². The molecule has 2 heterocycles. The Labute approximate surface area is 110 Å². The maximum atomic E-state index is 11.8. The summed E-state index contributed by atoms with van der Waals surface area (Å²) in [5, 5.41) is 14.7. The predicted octanol–water partition coefficient (Wildman–Crippen LogP) is -0.804. The molecule has 0 radical (unpaired) electrons. The second-order valence-corrected chi connectivity index (χ2v) is 4.27. The largest absolute Gasteiger partial charge is 0.476 e. The van der Waals surface area contributed by atoms with Crippen LogP contribution in [0.25, 0.3) is 0 Å². The lowest BCUT2D eigenvalue weighted by Crippen LogP contribution is -2.50. The van der Waals surface area contributed by atoms with Gasteiger partial charge in [-0.2, -0.15) is 0 Å². The molecule has 0 aliphatic carbocycles. The zero-order chi connectivity index (χ0) is 13.7. The van der Waals surface area contributed by atoms with Gasteiger partial charge in [-0.05, 0) is 0 Å². The van der Waals surface area contributed by atoms with Crippen LogP contribution in [-0.4, -0.2) is 64.3 Å². The third kappa shape index (κ3) is 3.68. The number of piperazine rings is 1. The van der Waals surface area contributed by atoms with Crippen LogP contribution in [0.3, 0.4) is 0 Å². The quantitative estimate of drug-likeness (QED) is 0.663. The molecule has 8 heteroatoms. The summed E-state index contributed by atoms with van der Waals surface area (Å²) in [6.07, 6.45) is 2.89. The first kappa shape index (κ1) is 13.3. The topological polar surface area (TPSA) is 99.5 Å². The van der Waals surface area contributed by atoms with Crippen LogP contribution in [0.2, 0.25) is 0 Å². The number of carbonyl (C=O) groups excluding carboxylic acids is 1. The van der Waals surface area contributed by atoms with Crippen molar-refractivity contribution in [3.8, 4) is 0 Å². The number of nitrogens with zero attached hydrogens (tertiary/aromatic N) is 3. The molecule has 1 aliphatic rings. The molecule has 0 spiro atoms. The fourth-order valence-corrected chi connectivity index (χ4v) is 1.86. The molecule has 0 unspecified atom stereocenters. The number of nitrogens with one attached hydrogen (secondary N) is 2. The van der Waals surface area contributed by atoms with Crippen molar-refractivity contribution in [3.63, 3.8) is 0 Å². The van der Waals surface area contributed by atoms with Crippen LogP contribution in [0.15, 0.2) is 12.5 Å². The first-order chi connectivity index (χ1) is 9.16. The minimum Gasteiger partial charge on any atom is -0.476 e. The molecule has 0 atom stereocenters. The van der Waals surface area contributed by atoms with Crippen molar-refractivity contribution in [1.82, 2.24) is 25.1 Å². The summed E-state index contributed by atoms with van der Waals surface area (Å²) in [6, 6.07) is -0.0833. The van der Waals surface area contributed by atoms with Gasteiger partial charge in [0.05, 0.1) is 6.33 Å². The standard InChI is InChI=1S/C11H17N5O3/c17-10(18)9-7-15(8-14-9)4-3-13-11(19)16-5-1-12-2-6-16/h7-8,12H,1-6H2,(H,13,19)(H,17,18). The fourth-order valence-electron chi connectivity index (χ4n) is 1.86. The summed E-state index contributed by atoms with van der Waals surface area (Å²) in [5.41, 5.74) is 0.00781. The van der Waals surface area contributed by atoms with Crippen molar-refractivity contribution < 1.29 is 14.7 Å². The van der Waals surface area contributed by atoms with Gasteiger partial charge >= 0.3 is 12.0 Å². The molecule has 0 bridgehead atoms. The molecule has 1 aromatic heterocycles. The lowest BCUT2D eigenvalue weighted by Gasteiger charge is -2.27. The van der Waals surface area contributed by atoms with E-state index in [-0.39, 0.29) is 11.7 Å². The molecule has 2 amide bonds. The highest BCUT2D eigenvalue weighted by Gasteiger charge is 2.15. The highest BCUT2D eigenvalue weighted by atomic mass is 16.4. The van der Waals surface area contributed by atoms with E-state index in [0.29, 0.717) is 26.2 Å². The van der Waals surface area contributed by atoms with Crippen molar-refractivity contribution in [2.45, 2.75) is 6.54 Å². The number of imidazole rings is 1. The smallest absolute Gasteiger partial charge is 0.356 e. The molecular formula is C11H17N5O3. The number of rotatable bonds is 4. The van der Waals surface area contributed by atoms with Crippen molar-refractivity contribution in [2.75, 3.05) is 32.7 Å². The van der Waals surface area contributed by atoms with Crippen LogP contribution >= 0.6 is 0 Å². The van der Waals surface area contributed by atoms with E-state index in [2.05, 4.69) is 15.6 Å². The van der Waals surface area contributed by atoms with Crippen LogP contribution in [0, 0.1) is 0 Å². The number of hydrogen-bond donors (Lipinski definition) is 3. The van der Waals surface area contributed by atoms with Crippen LogP contribution in [0.5, 0.6) is 0 Å². The molecule has 0 saturated carbocycles. The van der Waals surface area contributed by atoms with E-state index in [9.17, 15) is 9.59 Å². The number of urea groups is 1. The second-order valence-electron chi connectivity index (χ2n) is 4.27. The Balaban J connectivity index is 1.73. The average molecular weight is 267 g/mol. The summed E-state index contributed by atoms with van der Waals surface area (Å²) in [7, 11) is 0. The molecule has 8 nitrogen and oxygen atoms in total.